The smallest absolute Gasteiger partial charge is 0.160 e. The van der Waals surface area contributed by atoms with Crippen LogP contribution < -0.4 is 0 Å². The van der Waals surface area contributed by atoms with E-state index in [4.69, 9.17) is 9.97 Å². The van der Waals surface area contributed by atoms with Crippen molar-refractivity contribution >= 4 is 0 Å². The Bertz CT molecular complexity index is 3490. The van der Waals surface area contributed by atoms with Gasteiger partial charge in [0.25, 0.3) is 0 Å². The van der Waals surface area contributed by atoms with Crippen LogP contribution in [0.1, 0.15) is 22.3 Å². The van der Waals surface area contributed by atoms with Crippen LogP contribution >= 0.6 is 0 Å². The second-order valence-corrected chi connectivity index (χ2v) is 17.3. The van der Waals surface area contributed by atoms with E-state index in [0.717, 1.165) is 44.8 Å². The summed E-state index contributed by atoms with van der Waals surface area (Å²) < 4.78 is 0. The van der Waals surface area contributed by atoms with Gasteiger partial charge in [0.15, 0.2) is 5.82 Å². The van der Waals surface area contributed by atoms with Gasteiger partial charge in [-0.25, -0.2) is 9.97 Å². The summed E-state index contributed by atoms with van der Waals surface area (Å²) in [7, 11) is 0. The lowest BCUT2D eigenvalue weighted by atomic mass is 9.67. The summed E-state index contributed by atoms with van der Waals surface area (Å²) in [5, 5.41) is 0. The highest BCUT2D eigenvalue weighted by Gasteiger charge is 2.46. The molecule has 11 aromatic rings. The van der Waals surface area contributed by atoms with E-state index in [2.05, 4.69) is 267 Å². The Balaban J connectivity index is 0.913. The number of benzene rings is 10. The fraction of sp³-hybridized carbons (Fsp3) is 0.0154. The summed E-state index contributed by atoms with van der Waals surface area (Å²) in [5.74, 6) is 0.685. The lowest BCUT2D eigenvalue weighted by molar-refractivity contribution is 0.769. The van der Waals surface area contributed by atoms with Gasteiger partial charge < -0.3 is 0 Å². The zero-order valence-electron chi connectivity index (χ0n) is 36.8. The van der Waals surface area contributed by atoms with Crippen LogP contribution in [0.2, 0.25) is 0 Å². The van der Waals surface area contributed by atoms with Crippen LogP contribution in [0.5, 0.6) is 0 Å². The SMILES string of the molecule is c1ccc(-c2ccc(-c3cc(-c4cccc(-c5ccccc5)c4)nc(-c4ccc(-c5cccc(-c6ccc7c(c6)C(c6ccccc6)(c6ccccc6)c6ccccc6-7)c5)cc4)n3)cc2)cc1. The minimum absolute atomic E-state index is 0.451. The Morgan fingerprint density at radius 2 is 0.597 bits per heavy atom. The molecule has 2 nitrogen and oxygen atoms in total. The first-order valence-corrected chi connectivity index (χ1v) is 23.0. The maximum atomic E-state index is 5.24. The highest BCUT2D eigenvalue weighted by atomic mass is 14.9. The van der Waals surface area contributed by atoms with Crippen LogP contribution in [0.3, 0.4) is 0 Å². The van der Waals surface area contributed by atoms with Gasteiger partial charge in [-0.15, -0.1) is 0 Å². The second kappa shape index (κ2) is 17.0. The standard InChI is InChI=1S/C65H44N2/c1-5-17-45(18-6-1)47-31-35-49(36-32-47)62-44-63(55-24-16-22-52(42-55)46-19-7-2-8-20-46)67-64(66-62)50-37-33-48(34-38-50)51-21-15-23-53(41-51)54-39-40-59-58-29-13-14-30-60(58)65(61(59)43-54,56-25-9-3-10-26-56)57-27-11-4-12-28-57/h1-44H. The largest absolute Gasteiger partial charge is 0.228 e. The highest BCUT2D eigenvalue weighted by molar-refractivity contribution is 5.89. The number of nitrogens with zero attached hydrogens (tertiary/aromatic N) is 2. The third kappa shape index (κ3) is 7.26. The van der Waals surface area contributed by atoms with E-state index >= 15 is 0 Å². The van der Waals surface area contributed by atoms with Crippen LogP contribution in [-0.4, -0.2) is 9.97 Å². The maximum Gasteiger partial charge on any atom is 0.160 e. The molecule has 1 aliphatic carbocycles. The summed E-state index contributed by atoms with van der Waals surface area (Å²) in [6, 6.07) is 96.1. The van der Waals surface area contributed by atoms with Gasteiger partial charge in [0.1, 0.15) is 0 Å². The Hall–Kier alpha value is -8.72. The van der Waals surface area contributed by atoms with Crippen molar-refractivity contribution in [1.82, 2.24) is 9.97 Å². The van der Waals surface area contributed by atoms with Crippen molar-refractivity contribution in [2.45, 2.75) is 5.41 Å². The molecule has 0 spiro atoms. The molecule has 10 aromatic carbocycles. The number of fused-ring (bicyclic) bond motifs is 3. The molecule has 1 heterocycles. The molecule has 0 radical (unpaired) electrons. The molecule has 0 amide bonds. The minimum atomic E-state index is -0.451. The zero-order chi connectivity index (χ0) is 44.6. The topological polar surface area (TPSA) is 25.8 Å². The molecule has 0 atom stereocenters. The Kier molecular flexibility index (Phi) is 10.1. The van der Waals surface area contributed by atoms with Crippen molar-refractivity contribution in [2.75, 3.05) is 0 Å². The van der Waals surface area contributed by atoms with Crippen LogP contribution in [0.25, 0.3) is 89.5 Å². The van der Waals surface area contributed by atoms with Gasteiger partial charge in [0.2, 0.25) is 0 Å². The molecule has 0 bridgehead atoms. The van der Waals surface area contributed by atoms with E-state index in [9.17, 15) is 0 Å². The van der Waals surface area contributed by atoms with E-state index in [1.807, 2.05) is 0 Å². The van der Waals surface area contributed by atoms with Crippen LogP contribution in [0, 0.1) is 0 Å². The Morgan fingerprint density at radius 1 is 0.224 bits per heavy atom. The predicted molar refractivity (Wildman–Crippen MR) is 277 cm³/mol. The minimum Gasteiger partial charge on any atom is -0.228 e. The van der Waals surface area contributed by atoms with E-state index in [1.54, 1.807) is 0 Å². The molecule has 314 valence electrons. The van der Waals surface area contributed by atoms with Gasteiger partial charge in [-0.1, -0.05) is 243 Å². The van der Waals surface area contributed by atoms with Crippen molar-refractivity contribution in [1.29, 1.82) is 0 Å². The Morgan fingerprint density at radius 3 is 1.21 bits per heavy atom. The first kappa shape index (κ1) is 39.8. The van der Waals surface area contributed by atoms with Gasteiger partial charge in [0.05, 0.1) is 16.8 Å². The lowest BCUT2D eigenvalue weighted by Gasteiger charge is -2.34. The van der Waals surface area contributed by atoms with Crippen LogP contribution in [0.4, 0.5) is 0 Å². The summed E-state index contributed by atoms with van der Waals surface area (Å²) >= 11 is 0. The second-order valence-electron chi connectivity index (χ2n) is 17.3. The number of hydrogen-bond acceptors (Lipinski definition) is 2. The van der Waals surface area contributed by atoms with Crippen molar-refractivity contribution in [2.24, 2.45) is 0 Å². The molecule has 0 aliphatic heterocycles. The first-order chi connectivity index (χ1) is 33.2. The summed E-state index contributed by atoms with van der Waals surface area (Å²) in [6.45, 7) is 0. The quantitative estimate of drug-likeness (QED) is 0.145. The molecule has 0 saturated carbocycles. The monoisotopic (exact) mass is 852 g/mol. The molecule has 0 N–H and O–H groups in total. The Labute approximate surface area is 392 Å². The molecule has 67 heavy (non-hydrogen) atoms. The summed E-state index contributed by atoms with van der Waals surface area (Å²) in [5.41, 5.74) is 21.4. The van der Waals surface area contributed by atoms with Crippen LogP contribution in [0.15, 0.2) is 267 Å². The van der Waals surface area contributed by atoms with Gasteiger partial charge in [-0.3, -0.25) is 0 Å². The predicted octanol–water partition coefficient (Wildman–Crippen LogP) is 16.5. The number of aromatic nitrogens is 2. The third-order valence-corrected chi connectivity index (χ3v) is 13.4. The van der Waals surface area contributed by atoms with Gasteiger partial charge in [-0.05, 0) is 102 Å². The maximum absolute atomic E-state index is 5.24. The molecule has 1 aromatic heterocycles. The van der Waals surface area contributed by atoms with Crippen molar-refractivity contribution in [3.8, 4) is 89.5 Å². The van der Waals surface area contributed by atoms with E-state index in [0.29, 0.717) is 5.82 Å². The summed E-state index contributed by atoms with van der Waals surface area (Å²) in [6.07, 6.45) is 0. The van der Waals surface area contributed by atoms with Crippen molar-refractivity contribution in [3.63, 3.8) is 0 Å². The van der Waals surface area contributed by atoms with E-state index in [1.165, 1.54) is 61.2 Å². The fourth-order valence-corrected chi connectivity index (χ4v) is 10.1. The van der Waals surface area contributed by atoms with Gasteiger partial charge in [-0.2, -0.15) is 0 Å². The average molecular weight is 853 g/mol. The molecular weight excluding hydrogens is 809 g/mol. The van der Waals surface area contributed by atoms with Crippen molar-refractivity contribution < 1.29 is 0 Å². The third-order valence-electron chi connectivity index (χ3n) is 13.4. The van der Waals surface area contributed by atoms with E-state index < -0.39 is 5.41 Å². The first-order valence-electron chi connectivity index (χ1n) is 23.0. The molecule has 1 aliphatic rings. The number of rotatable bonds is 9. The normalized spacial score (nSPS) is 12.3. The molecule has 12 rings (SSSR count). The highest BCUT2D eigenvalue weighted by Crippen LogP contribution is 2.56. The fourth-order valence-electron chi connectivity index (χ4n) is 10.1. The van der Waals surface area contributed by atoms with Crippen molar-refractivity contribution in [3.05, 3.63) is 289 Å². The van der Waals surface area contributed by atoms with Gasteiger partial charge >= 0.3 is 0 Å². The lowest BCUT2D eigenvalue weighted by Crippen LogP contribution is -2.28. The average Bonchev–Trinajstić information content (AvgIpc) is 3.72. The van der Waals surface area contributed by atoms with E-state index in [-0.39, 0.29) is 0 Å². The zero-order valence-corrected chi connectivity index (χ0v) is 36.8. The number of hydrogen-bond donors (Lipinski definition) is 0. The van der Waals surface area contributed by atoms with Gasteiger partial charge in [0, 0.05) is 16.7 Å². The molecule has 0 unspecified atom stereocenters. The molecular formula is C65H44N2. The van der Waals surface area contributed by atoms with Crippen LogP contribution in [-0.2, 0) is 5.41 Å². The summed E-state index contributed by atoms with van der Waals surface area (Å²) in [4.78, 5) is 10.5. The molecule has 0 saturated heterocycles. The molecule has 2 heteroatoms. The molecule has 0 fully saturated rings.